The standard InChI is InChI=1S/C17H21ClN6O/c1-3-25-10-6-9-19-16-15-17(21-12(2)20-16)24(23-22-15)11-13-7-4-5-8-14(13)18/h4-5,7-8H,3,6,9-11H2,1-2H3,(H,19,20,21). The van der Waals surface area contributed by atoms with Gasteiger partial charge in [0, 0.05) is 24.8 Å². The van der Waals surface area contributed by atoms with E-state index in [-0.39, 0.29) is 0 Å². The molecule has 25 heavy (non-hydrogen) atoms. The second kappa shape index (κ2) is 8.22. The van der Waals surface area contributed by atoms with Gasteiger partial charge in [-0.3, -0.25) is 0 Å². The fraction of sp³-hybridized carbons (Fsp3) is 0.412. The number of ether oxygens (including phenoxy) is 1. The molecule has 0 amide bonds. The molecule has 3 aromatic rings. The van der Waals surface area contributed by atoms with Crippen molar-refractivity contribution in [3.05, 3.63) is 40.7 Å². The van der Waals surface area contributed by atoms with E-state index in [4.69, 9.17) is 16.3 Å². The zero-order chi connectivity index (χ0) is 17.6. The van der Waals surface area contributed by atoms with Gasteiger partial charge in [0.2, 0.25) is 0 Å². The summed E-state index contributed by atoms with van der Waals surface area (Å²) < 4.78 is 7.09. The largest absolute Gasteiger partial charge is 0.382 e. The fourth-order valence-corrected chi connectivity index (χ4v) is 2.70. The van der Waals surface area contributed by atoms with Crippen LogP contribution in [-0.2, 0) is 11.3 Å². The first-order valence-corrected chi connectivity index (χ1v) is 8.69. The van der Waals surface area contributed by atoms with Crippen molar-refractivity contribution in [1.29, 1.82) is 0 Å². The van der Waals surface area contributed by atoms with Gasteiger partial charge >= 0.3 is 0 Å². The fourth-order valence-electron chi connectivity index (χ4n) is 2.51. The van der Waals surface area contributed by atoms with Crippen LogP contribution in [0.1, 0.15) is 24.7 Å². The van der Waals surface area contributed by atoms with Gasteiger partial charge in [-0.1, -0.05) is 35.0 Å². The predicted molar refractivity (Wildman–Crippen MR) is 98.0 cm³/mol. The maximum absolute atomic E-state index is 6.25. The molecule has 8 heteroatoms. The Morgan fingerprint density at radius 3 is 2.88 bits per heavy atom. The minimum absolute atomic E-state index is 0.510. The third-order valence-electron chi connectivity index (χ3n) is 3.71. The number of benzene rings is 1. The number of aryl methyl sites for hydroxylation is 1. The first-order chi connectivity index (χ1) is 12.2. The lowest BCUT2D eigenvalue weighted by Gasteiger charge is -2.08. The third-order valence-corrected chi connectivity index (χ3v) is 4.08. The van der Waals surface area contributed by atoms with Gasteiger partial charge < -0.3 is 10.1 Å². The average molecular weight is 361 g/mol. The van der Waals surface area contributed by atoms with Gasteiger partial charge in [-0.05, 0) is 31.9 Å². The van der Waals surface area contributed by atoms with Crippen molar-refractivity contribution in [2.24, 2.45) is 0 Å². The molecule has 3 rings (SSSR count). The van der Waals surface area contributed by atoms with Crippen molar-refractivity contribution in [2.75, 3.05) is 25.1 Å². The minimum Gasteiger partial charge on any atom is -0.382 e. The summed E-state index contributed by atoms with van der Waals surface area (Å²) in [5.41, 5.74) is 2.33. The average Bonchev–Trinajstić information content (AvgIpc) is 2.99. The van der Waals surface area contributed by atoms with Crippen LogP contribution in [0.4, 0.5) is 5.82 Å². The molecule has 0 fully saturated rings. The Morgan fingerprint density at radius 1 is 1.24 bits per heavy atom. The van der Waals surface area contributed by atoms with E-state index in [0.717, 1.165) is 31.7 Å². The highest BCUT2D eigenvalue weighted by molar-refractivity contribution is 6.31. The van der Waals surface area contributed by atoms with E-state index in [1.807, 2.05) is 38.1 Å². The summed E-state index contributed by atoms with van der Waals surface area (Å²) in [7, 11) is 0. The van der Waals surface area contributed by atoms with Gasteiger partial charge in [-0.2, -0.15) is 0 Å². The molecule has 0 aliphatic rings. The van der Waals surface area contributed by atoms with Gasteiger partial charge in [0.1, 0.15) is 5.82 Å². The van der Waals surface area contributed by atoms with Gasteiger partial charge in [0.15, 0.2) is 17.0 Å². The Balaban J connectivity index is 1.81. The van der Waals surface area contributed by atoms with Crippen LogP contribution in [0.5, 0.6) is 0 Å². The number of anilines is 1. The lowest BCUT2D eigenvalue weighted by molar-refractivity contribution is 0.147. The molecule has 0 spiro atoms. The summed E-state index contributed by atoms with van der Waals surface area (Å²) in [6.07, 6.45) is 0.895. The van der Waals surface area contributed by atoms with E-state index in [2.05, 4.69) is 25.6 Å². The van der Waals surface area contributed by atoms with Crippen LogP contribution in [0.25, 0.3) is 11.2 Å². The highest BCUT2D eigenvalue weighted by Gasteiger charge is 2.14. The summed E-state index contributed by atoms with van der Waals surface area (Å²) in [5.74, 6) is 1.37. The molecule has 0 radical (unpaired) electrons. The minimum atomic E-state index is 0.510. The van der Waals surface area contributed by atoms with Gasteiger partial charge in [0.25, 0.3) is 0 Å². The van der Waals surface area contributed by atoms with Gasteiger partial charge in [0.05, 0.1) is 6.54 Å². The van der Waals surface area contributed by atoms with Crippen LogP contribution >= 0.6 is 11.6 Å². The molecule has 0 bridgehead atoms. The molecular weight excluding hydrogens is 340 g/mol. The zero-order valence-electron chi connectivity index (χ0n) is 14.4. The first-order valence-electron chi connectivity index (χ1n) is 8.32. The highest BCUT2D eigenvalue weighted by atomic mass is 35.5. The van der Waals surface area contributed by atoms with Crippen LogP contribution in [0.2, 0.25) is 5.02 Å². The number of nitrogens with zero attached hydrogens (tertiary/aromatic N) is 5. The Labute approximate surface area is 151 Å². The van der Waals surface area contributed by atoms with Crippen molar-refractivity contribution in [3.63, 3.8) is 0 Å². The number of hydrogen-bond acceptors (Lipinski definition) is 6. The summed E-state index contributed by atoms with van der Waals surface area (Å²) in [5, 5.41) is 12.5. The van der Waals surface area contributed by atoms with Crippen LogP contribution in [0.15, 0.2) is 24.3 Å². The van der Waals surface area contributed by atoms with Crippen molar-refractivity contribution < 1.29 is 4.74 Å². The molecule has 7 nitrogen and oxygen atoms in total. The van der Waals surface area contributed by atoms with E-state index in [1.54, 1.807) is 4.68 Å². The van der Waals surface area contributed by atoms with E-state index < -0.39 is 0 Å². The normalized spacial score (nSPS) is 11.2. The number of aromatic nitrogens is 5. The molecular formula is C17H21ClN6O. The van der Waals surface area contributed by atoms with Crippen LogP contribution in [0, 0.1) is 6.92 Å². The third kappa shape index (κ3) is 4.24. The molecule has 0 aliphatic heterocycles. The molecule has 0 atom stereocenters. The van der Waals surface area contributed by atoms with Crippen molar-refractivity contribution in [3.8, 4) is 0 Å². The molecule has 1 aromatic carbocycles. The monoisotopic (exact) mass is 360 g/mol. The molecule has 0 saturated heterocycles. The maximum atomic E-state index is 6.25. The Kier molecular flexibility index (Phi) is 5.78. The van der Waals surface area contributed by atoms with Gasteiger partial charge in [-0.15, -0.1) is 5.10 Å². The molecule has 2 aromatic heterocycles. The Hall–Kier alpha value is -2.25. The number of nitrogens with one attached hydrogen (secondary N) is 1. The first kappa shape index (κ1) is 17.6. The van der Waals surface area contributed by atoms with Crippen molar-refractivity contribution in [1.82, 2.24) is 25.0 Å². The SMILES string of the molecule is CCOCCCNc1nc(C)nc2c1nnn2Cc1ccccc1Cl. The lowest BCUT2D eigenvalue weighted by Crippen LogP contribution is -2.09. The molecule has 1 N–H and O–H groups in total. The second-order valence-corrected chi connectivity index (χ2v) is 6.01. The highest BCUT2D eigenvalue weighted by Crippen LogP contribution is 2.21. The second-order valence-electron chi connectivity index (χ2n) is 5.61. The smallest absolute Gasteiger partial charge is 0.184 e. The summed E-state index contributed by atoms with van der Waals surface area (Å²) in [6, 6.07) is 7.69. The number of rotatable bonds is 8. The van der Waals surface area contributed by atoms with Crippen LogP contribution in [0.3, 0.4) is 0 Å². The summed E-state index contributed by atoms with van der Waals surface area (Å²) >= 11 is 6.25. The van der Waals surface area contributed by atoms with Crippen LogP contribution < -0.4 is 5.32 Å². The van der Waals surface area contributed by atoms with E-state index in [1.165, 1.54) is 0 Å². The summed E-state index contributed by atoms with van der Waals surface area (Å²) in [4.78, 5) is 8.95. The molecule has 0 saturated carbocycles. The predicted octanol–water partition coefficient (Wildman–Crippen LogP) is 3.07. The van der Waals surface area contributed by atoms with Crippen LogP contribution in [-0.4, -0.2) is 44.7 Å². The molecule has 132 valence electrons. The molecule has 2 heterocycles. The van der Waals surface area contributed by atoms with Gasteiger partial charge in [-0.25, -0.2) is 14.6 Å². The van der Waals surface area contributed by atoms with E-state index in [0.29, 0.717) is 34.4 Å². The van der Waals surface area contributed by atoms with Crippen molar-refractivity contribution in [2.45, 2.75) is 26.8 Å². The Morgan fingerprint density at radius 2 is 2.08 bits per heavy atom. The zero-order valence-corrected chi connectivity index (χ0v) is 15.1. The van der Waals surface area contributed by atoms with Crippen molar-refractivity contribution >= 4 is 28.6 Å². The molecule has 0 unspecified atom stereocenters. The number of fused-ring (bicyclic) bond motifs is 1. The topological polar surface area (TPSA) is 77.8 Å². The summed E-state index contributed by atoms with van der Waals surface area (Å²) in [6.45, 7) is 6.56. The van der Waals surface area contributed by atoms with E-state index in [9.17, 15) is 0 Å². The number of halogens is 1. The number of hydrogen-bond donors (Lipinski definition) is 1. The molecule has 0 aliphatic carbocycles. The Bertz CT molecular complexity index is 850. The lowest BCUT2D eigenvalue weighted by atomic mass is 10.2. The maximum Gasteiger partial charge on any atom is 0.184 e. The quantitative estimate of drug-likeness (QED) is 0.622. The van der Waals surface area contributed by atoms with E-state index >= 15 is 0 Å².